The summed E-state index contributed by atoms with van der Waals surface area (Å²) in [5.74, 6) is 0.949. The number of H-pyrrole nitrogens is 1. The molecule has 1 fully saturated rings. The molecular formula is C11H17N3O2. The Morgan fingerprint density at radius 3 is 3.19 bits per heavy atom. The molecule has 2 heterocycles. The van der Waals surface area contributed by atoms with Crippen molar-refractivity contribution in [1.29, 1.82) is 0 Å². The number of carbonyl (C=O) groups is 1. The third-order valence-electron chi connectivity index (χ3n) is 3.02. The number of nitrogens with one attached hydrogen (secondary N) is 1. The Labute approximate surface area is 94.8 Å². The lowest BCUT2D eigenvalue weighted by Crippen LogP contribution is -2.13. The zero-order valence-electron chi connectivity index (χ0n) is 9.69. The van der Waals surface area contributed by atoms with Gasteiger partial charge in [0, 0.05) is 24.4 Å². The van der Waals surface area contributed by atoms with Crippen LogP contribution < -0.4 is 0 Å². The van der Waals surface area contributed by atoms with E-state index in [0.717, 1.165) is 25.2 Å². The van der Waals surface area contributed by atoms with Crippen molar-refractivity contribution >= 4 is 5.97 Å². The van der Waals surface area contributed by atoms with Crippen molar-refractivity contribution in [2.45, 2.75) is 18.8 Å². The van der Waals surface area contributed by atoms with Crippen LogP contribution >= 0.6 is 0 Å². The average molecular weight is 223 g/mol. The van der Waals surface area contributed by atoms with Gasteiger partial charge in [-0.05, 0) is 20.0 Å². The van der Waals surface area contributed by atoms with Gasteiger partial charge in [0.15, 0.2) is 0 Å². The number of hydrogen-bond donors (Lipinski definition) is 1. The fourth-order valence-electron chi connectivity index (χ4n) is 2.07. The van der Waals surface area contributed by atoms with E-state index in [9.17, 15) is 4.79 Å². The van der Waals surface area contributed by atoms with Crippen molar-refractivity contribution in [2.24, 2.45) is 0 Å². The molecule has 1 saturated heterocycles. The highest BCUT2D eigenvalue weighted by molar-refractivity contribution is 5.71. The lowest BCUT2D eigenvalue weighted by atomic mass is 10.1. The van der Waals surface area contributed by atoms with Crippen molar-refractivity contribution in [3.63, 3.8) is 0 Å². The summed E-state index contributed by atoms with van der Waals surface area (Å²) >= 11 is 0. The van der Waals surface area contributed by atoms with Crippen LogP contribution in [0.2, 0.25) is 0 Å². The molecule has 0 amide bonds. The molecule has 1 unspecified atom stereocenters. The van der Waals surface area contributed by atoms with Crippen LogP contribution in [-0.2, 0) is 16.0 Å². The summed E-state index contributed by atoms with van der Waals surface area (Å²) in [5, 5.41) is 0. The minimum absolute atomic E-state index is 0.221. The molecule has 0 aliphatic carbocycles. The van der Waals surface area contributed by atoms with E-state index in [1.54, 1.807) is 0 Å². The van der Waals surface area contributed by atoms with Crippen LogP contribution in [0, 0.1) is 0 Å². The van der Waals surface area contributed by atoms with Crippen LogP contribution in [-0.4, -0.2) is 48.1 Å². The van der Waals surface area contributed by atoms with E-state index in [4.69, 9.17) is 0 Å². The summed E-state index contributed by atoms with van der Waals surface area (Å²) in [6, 6.07) is 0. The number of likely N-dealkylation sites (tertiary alicyclic amines) is 1. The van der Waals surface area contributed by atoms with Gasteiger partial charge in [0.2, 0.25) is 0 Å². The molecule has 0 radical (unpaired) electrons. The molecule has 5 heteroatoms. The van der Waals surface area contributed by atoms with Gasteiger partial charge in [0.1, 0.15) is 12.2 Å². The highest BCUT2D eigenvalue weighted by Gasteiger charge is 2.22. The number of esters is 1. The van der Waals surface area contributed by atoms with Crippen molar-refractivity contribution in [3.8, 4) is 0 Å². The summed E-state index contributed by atoms with van der Waals surface area (Å²) in [6.45, 7) is 2.18. The average Bonchev–Trinajstić information content (AvgIpc) is 2.87. The van der Waals surface area contributed by atoms with Gasteiger partial charge in [0.25, 0.3) is 0 Å². The topological polar surface area (TPSA) is 58.2 Å². The normalized spacial score (nSPS) is 21.2. The fourth-order valence-corrected chi connectivity index (χ4v) is 2.07. The zero-order chi connectivity index (χ0) is 11.5. The molecule has 0 aromatic carbocycles. The van der Waals surface area contributed by atoms with E-state index < -0.39 is 0 Å². The van der Waals surface area contributed by atoms with Crippen molar-refractivity contribution in [3.05, 3.63) is 17.7 Å². The number of likely N-dealkylation sites (N-methyl/N-ethyl adjacent to an activating group) is 1. The van der Waals surface area contributed by atoms with Crippen LogP contribution in [0.15, 0.2) is 6.20 Å². The molecule has 1 aliphatic rings. The summed E-state index contributed by atoms with van der Waals surface area (Å²) < 4.78 is 4.60. The van der Waals surface area contributed by atoms with Crippen molar-refractivity contribution < 1.29 is 9.53 Å². The number of carbonyl (C=O) groups excluding carboxylic acids is 1. The number of methoxy groups -OCH3 is 1. The summed E-state index contributed by atoms with van der Waals surface area (Å²) in [5.41, 5.74) is 1.13. The second-order valence-electron chi connectivity index (χ2n) is 4.29. The minimum atomic E-state index is -0.260. The third kappa shape index (κ3) is 2.41. The second kappa shape index (κ2) is 4.65. The SMILES string of the molecule is COC(=O)Cc1ncc(C2CCN(C)C2)[nH]1. The summed E-state index contributed by atoms with van der Waals surface area (Å²) in [4.78, 5) is 20.8. The molecule has 1 atom stereocenters. The molecule has 0 bridgehead atoms. The van der Waals surface area contributed by atoms with Crippen LogP contribution in [0.25, 0.3) is 0 Å². The highest BCUT2D eigenvalue weighted by atomic mass is 16.5. The smallest absolute Gasteiger partial charge is 0.313 e. The number of nitrogens with zero attached hydrogens (tertiary/aromatic N) is 2. The quantitative estimate of drug-likeness (QED) is 0.760. The molecular weight excluding hydrogens is 206 g/mol. The number of ether oxygens (including phenoxy) is 1. The maximum absolute atomic E-state index is 11.1. The fraction of sp³-hybridized carbons (Fsp3) is 0.636. The first kappa shape index (κ1) is 11.1. The minimum Gasteiger partial charge on any atom is -0.469 e. The zero-order valence-corrected chi connectivity index (χ0v) is 9.69. The largest absolute Gasteiger partial charge is 0.469 e. The highest BCUT2D eigenvalue weighted by Crippen LogP contribution is 2.24. The van der Waals surface area contributed by atoms with E-state index in [-0.39, 0.29) is 12.4 Å². The number of hydrogen-bond acceptors (Lipinski definition) is 4. The van der Waals surface area contributed by atoms with Crippen LogP contribution in [0.3, 0.4) is 0 Å². The van der Waals surface area contributed by atoms with Crippen molar-refractivity contribution in [2.75, 3.05) is 27.2 Å². The van der Waals surface area contributed by atoms with Crippen molar-refractivity contribution in [1.82, 2.24) is 14.9 Å². The Balaban J connectivity index is 1.99. The van der Waals surface area contributed by atoms with Crippen LogP contribution in [0.4, 0.5) is 0 Å². The molecule has 16 heavy (non-hydrogen) atoms. The molecule has 2 rings (SSSR count). The Morgan fingerprint density at radius 2 is 2.56 bits per heavy atom. The number of aromatic amines is 1. The lowest BCUT2D eigenvalue weighted by Gasteiger charge is -2.07. The standard InChI is InChI=1S/C11H17N3O2/c1-14-4-3-8(7-14)9-6-12-10(13-9)5-11(15)16-2/h6,8H,3-5,7H2,1-2H3,(H,12,13). The first-order valence-electron chi connectivity index (χ1n) is 5.48. The molecule has 1 N–H and O–H groups in total. The molecule has 88 valence electrons. The van der Waals surface area contributed by atoms with Gasteiger partial charge in [-0.1, -0.05) is 0 Å². The van der Waals surface area contributed by atoms with Gasteiger partial charge in [-0.25, -0.2) is 4.98 Å². The first-order chi connectivity index (χ1) is 7.69. The Morgan fingerprint density at radius 1 is 1.75 bits per heavy atom. The lowest BCUT2D eigenvalue weighted by molar-refractivity contribution is -0.139. The first-order valence-corrected chi connectivity index (χ1v) is 5.48. The second-order valence-corrected chi connectivity index (χ2v) is 4.29. The Bertz CT molecular complexity index is 375. The van der Waals surface area contributed by atoms with Gasteiger partial charge in [-0.2, -0.15) is 0 Å². The van der Waals surface area contributed by atoms with E-state index in [0.29, 0.717) is 11.7 Å². The molecule has 0 spiro atoms. The van der Waals surface area contributed by atoms with Gasteiger partial charge >= 0.3 is 5.97 Å². The predicted molar refractivity (Wildman–Crippen MR) is 59.2 cm³/mol. The van der Waals surface area contributed by atoms with Gasteiger partial charge in [-0.3, -0.25) is 4.79 Å². The van der Waals surface area contributed by atoms with Gasteiger partial charge in [0.05, 0.1) is 7.11 Å². The number of rotatable bonds is 3. The van der Waals surface area contributed by atoms with E-state index in [2.05, 4.69) is 26.7 Å². The monoisotopic (exact) mass is 223 g/mol. The number of imidazole rings is 1. The Kier molecular flexibility index (Phi) is 3.24. The van der Waals surface area contributed by atoms with E-state index >= 15 is 0 Å². The van der Waals surface area contributed by atoms with Gasteiger partial charge < -0.3 is 14.6 Å². The van der Waals surface area contributed by atoms with Gasteiger partial charge in [-0.15, -0.1) is 0 Å². The predicted octanol–water partition coefficient (Wildman–Crippen LogP) is 0.544. The molecule has 1 aliphatic heterocycles. The third-order valence-corrected chi connectivity index (χ3v) is 3.02. The maximum atomic E-state index is 11.1. The number of aromatic nitrogens is 2. The van der Waals surface area contributed by atoms with E-state index in [1.807, 2.05) is 6.20 Å². The van der Waals surface area contributed by atoms with E-state index in [1.165, 1.54) is 7.11 Å². The molecule has 5 nitrogen and oxygen atoms in total. The van der Waals surface area contributed by atoms with Crippen LogP contribution in [0.1, 0.15) is 23.9 Å². The van der Waals surface area contributed by atoms with Crippen LogP contribution in [0.5, 0.6) is 0 Å². The summed E-state index contributed by atoms with van der Waals surface area (Å²) in [6.07, 6.45) is 3.21. The molecule has 0 saturated carbocycles. The Hall–Kier alpha value is -1.36. The summed E-state index contributed by atoms with van der Waals surface area (Å²) in [7, 11) is 3.50. The maximum Gasteiger partial charge on any atom is 0.313 e. The molecule has 1 aromatic rings. The molecule has 1 aromatic heterocycles.